The lowest BCUT2D eigenvalue weighted by Crippen LogP contribution is -2.48. The molecule has 3 atom stereocenters. The largest absolute Gasteiger partial charge is 0.493 e. The number of fused-ring (bicyclic) bond motifs is 7. The molecule has 1 unspecified atom stereocenters. The van der Waals surface area contributed by atoms with Crippen molar-refractivity contribution in [2.75, 3.05) is 19.1 Å². The second kappa shape index (κ2) is 9.99. The highest BCUT2D eigenvalue weighted by Gasteiger charge is 2.71. The Balaban J connectivity index is 1.48. The van der Waals surface area contributed by atoms with E-state index in [9.17, 15) is 14.4 Å². The molecule has 0 radical (unpaired) electrons. The van der Waals surface area contributed by atoms with Gasteiger partial charge in [0, 0.05) is 34.2 Å². The van der Waals surface area contributed by atoms with E-state index in [2.05, 4.69) is 0 Å². The summed E-state index contributed by atoms with van der Waals surface area (Å²) in [7, 11) is 3.09. The first-order valence-electron chi connectivity index (χ1n) is 14.8. The van der Waals surface area contributed by atoms with E-state index in [0.717, 1.165) is 16.6 Å². The summed E-state index contributed by atoms with van der Waals surface area (Å²) in [4.78, 5) is 51.7. The van der Waals surface area contributed by atoms with Crippen LogP contribution in [0.15, 0.2) is 109 Å². The highest BCUT2D eigenvalue weighted by molar-refractivity contribution is 6.32. The molecule has 0 bridgehead atoms. The molecule has 3 heterocycles. The quantitative estimate of drug-likeness (QED) is 0.169. The first-order chi connectivity index (χ1) is 22.0. The number of aromatic nitrogens is 1. The summed E-state index contributed by atoms with van der Waals surface area (Å²) < 4.78 is 11.2. The molecule has 1 fully saturated rings. The van der Waals surface area contributed by atoms with Crippen LogP contribution in [0.4, 0.5) is 5.69 Å². The number of hydrogen-bond acceptors (Lipinski definition) is 7. The van der Waals surface area contributed by atoms with Gasteiger partial charge in [0.1, 0.15) is 11.5 Å². The molecule has 220 valence electrons. The van der Waals surface area contributed by atoms with Gasteiger partial charge in [0.25, 0.3) is 0 Å². The number of pyridine rings is 1. The Bertz CT molecular complexity index is 2050. The van der Waals surface area contributed by atoms with E-state index in [1.54, 1.807) is 68.9 Å². The average molecular weight is 593 g/mol. The molecular formula is C38H28N2O5. The first kappa shape index (κ1) is 27.0. The lowest BCUT2D eigenvalue weighted by Gasteiger charge is -2.37. The molecule has 0 N–H and O–H groups in total. The molecule has 1 aliphatic carbocycles. The van der Waals surface area contributed by atoms with Crippen molar-refractivity contribution < 1.29 is 23.9 Å². The molecule has 0 amide bonds. The molecule has 1 saturated heterocycles. The number of rotatable bonds is 5. The summed E-state index contributed by atoms with van der Waals surface area (Å²) in [6.45, 7) is 0. The van der Waals surface area contributed by atoms with Crippen LogP contribution in [0.2, 0.25) is 0 Å². The Kier molecular flexibility index (Phi) is 6.00. The minimum absolute atomic E-state index is 0.192. The molecule has 45 heavy (non-hydrogen) atoms. The predicted molar refractivity (Wildman–Crippen MR) is 171 cm³/mol. The fourth-order valence-corrected chi connectivity index (χ4v) is 7.78. The number of benzene rings is 4. The van der Waals surface area contributed by atoms with E-state index in [0.29, 0.717) is 39.3 Å². The average Bonchev–Trinajstić information content (AvgIpc) is 3.53. The summed E-state index contributed by atoms with van der Waals surface area (Å²) in [5, 5.41) is 0.896. The monoisotopic (exact) mass is 592 g/mol. The molecule has 4 aromatic carbocycles. The van der Waals surface area contributed by atoms with Crippen LogP contribution >= 0.6 is 0 Å². The molecule has 1 aromatic heterocycles. The highest BCUT2D eigenvalue weighted by atomic mass is 16.5. The topological polar surface area (TPSA) is 85.8 Å². The second-order valence-corrected chi connectivity index (χ2v) is 11.6. The fraction of sp³-hybridized carbons (Fsp3) is 0.158. The molecule has 8 rings (SSSR count). The standard InChI is InChI=1S/C38H28N2O5/c1-44-28-18-16-25(21-29(28)45-2)31-34(35(41)24-9-4-3-5-10-24)40-30(38(31)36(42)26-12-6-7-13-27(26)37(38)43)19-17-23-15-14-22-11-8-20-39-32(22)33(23)40/h3-21,30-31,34H,1-2H3/t30?,31-,34+/m1/s1. The smallest absolute Gasteiger partial charge is 0.185 e. The maximum absolute atomic E-state index is 15.0. The summed E-state index contributed by atoms with van der Waals surface area (Å²) in [6.07, 6.45) is 5.60. The number of hydrogen-bond donors (Lipinski definition) is 0. The molecular weight excluding hydrogens is 564 g/mol. The van der Waals surface area contributed by atoms with Crippen LogP contribution in [0, 0.1) is 5.41 Å². The van der Waals surface area contributed by atoms with Gasteiger partial charge in [-0.05, 0) is 29.3 Å². The highest BCUT2D eigenvalue weighted by Crippen LogP contribution is 2.62. The summed E-state index contributed by atoms with van der Waals surface area (Å²) >= 11 is 0. The zero-order chi connectivity index (χ0) is 30.9. The Morgan fingerprint density at radius 1 is 0.800 bits per heavy atom. The van der Waals surface area contributed by atoms with Crippen molar-refractivity contribution in [3.8, 4) is 11.5 Å². The van der Waals surface area contributed by atoms with E-state index in [4.69, 9.17) is 14.5 Å². The van der Waals surface area contributed by atoms with Crippen molar-refractivity contribution in [1.82, 2.24) is 4.98 Å². The number of nitrogens with zero attached hydrogens (tertiary/aromatic N) is 2. The summed E-state index contributed by atoms with van der Waals surface area (Å²) in [5.41, 5.74) is 2.53. The minimum Gasteiger partial charge on any atom is -0.493 e. The van der Waals surface area contributed by atoms with Crippen molar-refractivity contribution in [3.63, 3.8) is 0 Å². The van der Waals surface area contributed by atoms with Crippen LogP contribution in [-0.4, -0.2) is 48.6 Å². The predicted octanol–water partition coefficient (Wildman–Crippen LogP) is 6.57. The molecule has 1 spiro atoms. The SMILES string of the molecule is COc1ccc([C@@H]2[C@@H](C(=O)c3ccccc3)N3c4c(ccc5cccnc45)C=CC3C23C(=O)c2ccccc2C3=O)cc1OC. The maximum atomic E-state index is 15.0. The van der Waals surface area contributed by atoms with Crippen LogP contribution in [0.5, 0.6) is 11.5 Å². The molecule has 2 aliphatic heterocycles. The van der Waals surface area contributed by atoms with E-state index >= 15 is 0 Å². The lowest BCUT2D eigenvalue weighted by molar-refractivity contribution is 0.0665. The van der Waals surface area contributed by atoms with Crippen LogP contribution < -0.4 is 14.4 Å². The molecule has 5 aromatic rings. The van der Waals surface area contributed by atoms with Gasteiger partial charge < -0.3 is 14.4 Å². The van der Waals surface area contributed by atoms with Gasteiger partial charge in [0.2, 0.25) is 0 Å². The third-order valence-corrected chi connectivity index (χ3v) is 9.63. The summed E-state index contributed by atoms with van der Waals surface area (Å²) in [5.74, 6) is -0.700. The van der Waals surface area contributed by atoms with E-state index in [-0.39, 0.29) is 17.3 Å². The van der Waals surface area contributed by atoms with Crippen molar-refractivity contribution >= 4 is 40.0 Å². The van der Waals surface area contributed by atoms with Gasteiger partial charge in [-0.15, -0.1) is 0 Å². The number of carbonyl (C=O) groups excluding carboxylic acids is 3. The van der Waals surface area contributed by atoms with Gasteiger partial charge in [-0.1, -0.05) is 91.0 Å². The third kappa shape index (κ3) is 3.58. The van der Waals surface area contributed by atoms with E-state index in [1.807, 2.05) is 65.6 Å². The molecule has 3 aliphatic rings. The van der Waals surface area contributed by atoms with Gasteiger partial charge >= 0.3 is 0 Å². The van der Waals surface area contributed by atoms with Crippen LogP contribution in [0.1, 0.15) is 48.1 Å². The van der Waals surface area contributed by atoms with E-state index < -0.39 is 23.4 Å². The van der Waals surface area contributed by atoms with Crippen molar-refractivity contribution in [1.29, 1.82) is 0 Å². The van der Waals surface area contributed by atoms with Crippen molar-refractivity contribution in [2.45, 2.75) is 18.0 Å². The fourth-order valence-electron chi connectivity index (χ4n) is 7.78. The van der Waals surface area contributed by atoms with Gasteiger partial charge in [-0.3, -0.25) is 19.4 Å². The number of methoxy groups -OCH3 is 2. The third-order valence-electron chi connectivity index (χ3n) is 9.63. The number of ketones is 3. The van der Waals surface area contributed by atoms with Crippen LogP contribution in [0.3, 0.4) is 0 Å². The van der Waals surface area contributed by atoms with Crippen LogP contribution in [-0.2, 0) is 0 Å². The second-order valence-electron chi connectivity index (χ2n) is 11.6. The Labute approximate surface area is 259 Å². The molecule has 7 heteroatoms. The number of ether oxygens (including phenoxy) is 2. The Morgan fingerprint density at radius 3 is 2.22 bits per heavy atom. The zero-order valence-electron chi connectivity index (χ0n) is 24.6. The molecule has 0 saturated carbocycles. The number of carbonyl (C=O) groups is 3. The first-order valence-corrected chi connectivity index (χ1v) is 14.8. The lowest BCUT2D eigenvalue weighted by atomic mass is 9.64. The van der Waals surface area contributed by atoms with Gasteiger partial charge in [-0.25, -0.2) is 0 Å². The zero-order valence-corrected chi connectivity index (χ0v) is 24.6. The minimum atomic E-state index is -1.64. The normalized spacial score (nSPS) is 20.7. The van der Waals surface area contributed by atoms with Crippen LogP contribution in [0.25, 0.3) is 17.0 Å². The number of Topliss-reactive ketones (excluding diaryl/α,β-unsaturated/α-hetero) is 3. The maximum Gasteiger partial charge on any atom is 0.185 e. The number of anilines is 1. The Hall–Kier alpha value is -5.56. The van der Waals surface area contributed by atoms with Gasteiger partial charge in [0.05, 0.1) is 31.5 Å². The molecule has 7 nitrogen and oxygen atoms in total. The van der Waals surface area contributed by atoms with Gasteiger partial charge in [-0.2, -0.15) is 0 Å². The van der Waals surface area contributed by atoms with E-state index in [1.165, 1.54) is 0 Å². The van der Waals surface area contributed by atoms with Crippen molar-refractivity contribution in [3.05, 3.63) is 137 Å². The van der Waals surface area contributed by atoms with Crippen molar-refractivity contribution in [2.24, 2.45) is 5.41 Å². The van der Waals surface area contributed by atoms with Gasteiger partial charge in [0.15, 0.2) is 28.8 Å². The summed E-state index contributed by atoms with van der Waals surface area (Å²) in [6, 6.07) is 27.6. The Morgan fingerprint density at radius 2 is 1.51 bits per heavy atom.